The van der Waals surface area contributed by atoms with E-state index in [2.05, 4.69) is 34.7 Å². The highest BCUT2D eigenvalue weighted by molar-refractivity contribution is 5.42. The minimum atomic E-state index is 0.795. The highest BCUT2D eigenvalue weighted by Gasteiger charge is 2.11. The Kier molecular flexibility index (Phi) is 2.70. The van der Waals surface area contributed by atoms with Gasteiger partial charge in [-0.05, 0) is 24.1 Å². The Hall–Kier alpha value is -1.97. The minimum absolute atomic E-state index is 0.795. The summed E-state index contributed by atoms with van der Waals surface area (Å²) in [5.74, 6) is 1.96. The monoisotopic (exact) mass is 243 g/mol. The van der Waals surface area contributed by atoms with Crippen molar-refractivity contribution in [2.45, 2.75) is 19.9 Å². The molecule has 1 N–H and O–H groups in total. The normalized spacial score (nSPS) is 13.2. The Morgan fingerprint density at radius 2 is 2.28 bits per heavy atom. The number of aromatic nitrogens is 2. The molecular weight excluding hydrogens is 226 g/mol. The lowest BCUT2D eigenvalue weighted by Gasteiger charge is -2.05. The van der Waals surface area contributed by atoms with E-state index in [1.165, 1.54) is 11.1 Å². The number of benzene rings is 1. The summed E-state index contributed by atoms with van der Waals surface area (Å²) in [5.41, 5.74) is 3.73. The fraction of sp³-hybridized carbons (Fsp3) is 0.357. The third kappa shape index (κ3) is 2.06. The van der Waals surface area contributed by atoms with Crippen LogP contribution < -0.4 is 10.1 Å². The second-order valence-electron chi connectivity index (χ2n) is 4.69. The van der Waals surface area contributed by atoms with Crippen molar-refractivity contribution >= 4 is 5.82 Å². The molecule has 0 bridgehead atoms. The Morgan fingerprint density at radius 3 is 3.06 bits per heavy atom. The van der Waals surface area contributed by atoms with E-state index in [1.807, 2.05) is 18.7 Å². The van der Waals surface area contributed by atoms with Gasteiger partial charge in [0.25, 0.3) is 0 Å². The summed E-state index contributed by atoms with van der Waals surface area (Å²) in [6.45, 7) is 3.65. The third-order valence-electron chi connectivity index (χ3n) is 3.34. The Balaban J connectivity index is 1.70. The van der Waals surface area contributed by atoms with Crippen LogP contribution in [0.1, 0.15) is 16.8 Å². The zero-order valence-electron chi connectivity index (χ0n) is 10.7. The number of hydrogen-bond acceptors (Lipinski definition) is 3. The van der Waals surface area contributed by atoms with Gasteiger partial charge in [-0.15, -0.1) is 0 Å². The highest BCUT2D eigenvalue weighted by Crippen LogP contribution is 2.26. The first kappa shape index (κ1) is 11.1. The molecule has 0 saturated carbocycles. The van der Waals surface area contributed by atoms with Crippen molar-refractivity contribution in [1.29, 1.82) is 0 Å². The second-order valence-corrected chi connectivity index (χ2v) is 4.69. The van der Waals surface area contributed by atoms with Gasteiger partial charge in [-0.1, -0.05) is 12.1 Å². The molecule has 0 saturated heterocycles. The Morgan fingerprint density at radius 1 is 1.39 bits per heavy atom. The molecule has 0 spiro atoms. The first-order valence-corrected chi connectivity index (χ1v) is 6.21. The average Bonchev–Trinajstić information content (AvgIpc) is 2.94. The molecule has 0 radical (unpaired) electrons. The standard InChI is InChI=1S/C14H17N3O/c1-10-7-14(16-17(10)2)15-9-11-3-4-13-12(8-11)5-6-18-13/h3-4,7-8H,5-6,9H2,1-2H3,(H,15,16). The number of hydrogen-bond donors (Lipinski definition) is 1. The van der Waals surface area contributed by atoms with E-state index < -0.39 is 0 Å². The first-order chi connectivity index (χ1) is 8.72. The molecule has 3 rings (SSSR count). The van der Waals surface area contributed by atoms with Crippen molar-refractivity contribution in [2.24, 2.45) is 7.05 Å². The number of rotatable bonds is 3. The Bertz CT molecular complexity index is 555. The van der Waals surface area contributed by atoms with Gasteiger partial charge >= 0.3 is 0 Å². The summed E-state index contributed by atoms with van der Waals surface area (Å²) >= 11 is 0. The van der Waals surface area contributed by atoms with Crippen LogP contribution in [0.5, 0.6) is 5.75 Å². The molecule has 1 aromatic heterocycles. The number of nitrogens with zero attached hydrogens (tertiary/aromatic N) is 2. The molecule has 18 heavy (non-hydrogen) atoms. The molecule has 0 fully saturated rings. The lowest BCUT2D eigenvalue weighted by molar-refractivity contribution is 0.357. The zero-order chi connectivity index (χ0) is 12.5. The molecular formula is C14H17N3O. The number of nitrogens with one attached hydrogen (secondary N) is 1. The quantitative estimate of drug-likeness (QED) is 0.899. The minimum Gasteiger partial charge on any atom is -0.493 e. The number of fused-ring (bicyclic) bond motifs is 1. The SMILES string of the molecule is Cc1cc(NCc2ccc3c(c2)CCO3)nn1C. The maximum absolute atomic E-state index is 5.50. The van der Waals surface area contributed by atoms with Crippen molar-refractivity contribution in [1.82, 2.24) is 9.78 Å². The molecule has 1 aliphatic heterocycles. The third-order valence-corrected chi connectivity index (χ3v) is 3.34. The van der Waals surface area contributed by atoms with Crippen molar-refractivity contribution in [3.05, 3.63) is 41.1 Å². The summed E-state index contributed by atoms with van der Waals surface area (Å²) < 4.78 is 7.37. The fourth-order valence-corrected chi connectivity index (χ4v) is 2.19. The summed E-state index contributed by atoms with van der Waals surface area (Å²) in [6.07, 6.45) is 1.02. The largest absolute Gasteiger partial charge is 0.493 e. The molecule has 0 atom stereocenters. The van der Waals surface area contributed by atoms with Gasteiger partial charge in [0.05, 0.1) is 6.61 Å². The van der Waals surface area contributed by atoms with Gasteiger partial charge in [0.15, 0.2) is 0 Å². The molecule has 0 unspecified atom stereocenters. The van der Waals surface area contributed by atoms with Gasteiger partial charge in [0.2, 0.25) is 0 Å². The smallest absolute Gasteiger partial charge is 0.148 e. The summed E-state index contributed by atoms with van der Waals surface area (Å²) in [7, 11) is 1.95. The van der Waals surface area contributed by atoms with Crippen molar-refractivity contribution in [2.75, 3.05) is 11.9 Å². The molecule has 0 amide bonds. The molecule has 2 aromatic rings. The topological polar surface area (TPSA) is 39.1 Å². The summed E-state index contributed by atoms with van der Waals surface area (Å²) in [4.78, 5) is 0. The van der Waals surface area contributed by atoms with Crippen LogP contribution in [0.25, 0.3) is 0 Å². The number of aryl methyl sites for hydroxylation is 2. The molecule has 2 heterocycles. The predicted molar refractivity (Wildman–Crippen MR) is 70.9 cm³/mol. The highest BCUT2D eigenvalue weighted by atomic mass is 16.5. The van der Waals surface area contributed by atoms with Gasteiger partial charge in [-0.3, -0.25) is 4.68 Å². The van der Waals surface area contributed by atoms with E-state index in [0.717, 1.165) is 36.8 Å². The summed E-state index contributed by atoms with van der Waals surface area (Å²) in [5, 5.41) is 7.72. The van der Waals surface area contributed by atoms with Crippen LogP contribution in [0.15, 0.2) is 24.3 Å². The van der Waals surface area contributed by atoms with Crippen LogP contribution in [-0.4, -0.2) is 16.4 Å². The lowest BCUT2D eigenvalue weighted by Crippen LogP contribution is -2.01. The lowest BCUT2D eigenvalue weighted by atomic mass is 10.1. The van der Waals surface area contributed by atoms with Gasteiger partial charge < -0.3 is 10.1 Å². The van der Waals surface area contributed by atoms with E-state index in [1.54, 1.807) is 0 Å². The van der Waals surface area contributed by atoms with E-state index in [0.29, 0.717) is 0 Å². The predicted octanol–water partition coefficient (Wildman–Crippen LogP) is 2.28. The van der Waals surface area contributed by atoms with E-state index in [-0.39, 0.29) is 0 Å². The van der Waals surface area contributed by atoms with Crippen LogP contribution >= 0.6 is 0 Å². The Labute approximate surface area is 107 Å². The fourth-order valence-electron chi connectivity index (χ4n) is 2.19. The second kappa shape index (κ2) is 4.37. The average molecular weight is 243 g/mol. The molecule has 0 aliphatic carbocycles. The van der Waals surface area contributed by atoms with Crippen LogP contribution in [0.2, 0.25) is 0 Å². The summed E-state index contributed by atoms with van der Waals surface area (Å²) in [6, 6.07) is 8.43. The number of ether oxygens (including phenoxy) is 1. The van der Waals surface area contributed by atoms with Crippen LogP contribution in [-0.2, 0) is 20.0 Å². The number of anilines is 1. The first-order valence-electron chi connectivity index (χ1n) is 6.21. The van der Waals surface area contributed by atoms with E-state index in [9.17, 15) is 0 Å². The zero-order valence-corrected chi connectivity index (χ0v) is 10.7. The van der Waals surface area contributed by atoms with Crippen LogP contribution in [0.3, 0.4) is 0 Å². The van der Waals surface area contributed by atoms with E-state index >= 15 is 0 Å². The molecule has 4 nitrogen and oxygen atoms in total. The van der Waals surface area contributed by atoms with Gasteiger partial charge in [0, 0.05) is 31.8 Å². The van der Waals surface area contributed by atoms with Crippen LogP contribution in [0.4, 0.5) is 5.82 Å². The molecule has 4 heteroatoms. The van der Waals surface area contributed by atoms with Gasteiger partial charge in [-0.2, -0.15) is 5.10 Å². The van der Waals surface area contributed by atoms with Gasteiger partial charge in [0.1, 0.15) is 11.6 Å². The molecule has 1 aliphatic rings. The maximum atomic E-state index is 5.50. The molecule has 94 valence electrons. The van der Waals surface area contributed by atoms with Crippen LogP contribution in [0, 0.1) is 6.92 Å². The van der Waals surface area contributed by atoms with Crippen molar-refractivity contribution in [3.8, 4) is 5.75 Å². The molecule has 1 aromatic carbocycles. The maximum Gasteiger partial charge on any atom is 0.148 e. The van der Waals surface area contributed by atoms with Crippen molar-refractivity contribution in [3.63, 3.8) is 0 Å². The van der Waals surface area contributed by atoms with Crippen molar-refractivity contribution < 1.29 is 4.74 Å². The van der Waals surface area contributed by atoms with E-state index in [4.69, 9.17) is 4.74 Å². The van der Waals surface area contributed by atoms with Gasteiger partial charge in [-0.25, -0.2) is 0 Å².